The summed E-state index contributed by atoms with van der Waals surface area (Å²) in [6.07, 6.45) is 2.11. The molecule has 0 aliphatic carbocycles. The number of hydrogen-bond acceptors (Lipinski definition) is 5. The van der Waals surface area contributed by atoms with Gasteiger partial charge in [0.1, 0.15) is 5.69 Å². The third kappa shape index (κ3) is 3.51. The molecule has 2 heterocycles. The second kappa shape index (κ2) is 6.66. The van der Waals surface area contributed by atoms with E-state index in [4.69, 9.17) is 4.42 Å². The quantitative estimate of drug-likeness (QED) is 0.779. The van der Waals surface area contributed by atoms with Crippen LogP contribution in [0.25, 0.3) is 0 Å². The molecule has 7 nitrogen and oxygen atoms in total. The van der Waals surface area contributed by atoms with E-state index in [0.717, 1.165) is 5.56 Å². The second-order valence-electron chi connectivity index (χ2n) is 5.87. The molecule has 3 rings (SSSR count). The highest BCUT2D eigenvalue weighted by molar-refractivity contribution is 6.01. The fraction of sp³-hybridized carbons (Fsp3) is 0.294. The Morgan fingerprint density at radius 3 is 2.67 bits per heavy atom. The van der Waals surface area contributed by atoms with Crippen molar-refractivity contribution >= 4 is 11.9 Å². The van der Waals surface area contributed by atoms with Gasteiger partial charge in [-0.15, -0.1) is 5.10 Å². The third-order valence-corrected chi connectivity index (χ3v) is 3.56. The van der Waals surface area contributed by atoms with Gasteiger partial charge in [-0.25, -0.2) is 0 Å². The number of aryl methyl sites for hydroxylation is 1. The van der Waals surface area contributed by atoms with Crippen LogP contribution in [0.2, 0.25) is 0 Å². The van der Waals surface area contributed by atoms with Gasteiger partial charge in [0.15, 0.2) is 0 Å². The highest BCUT2D eigenvalue weighted by atomic mass is 16.4. The van der Waals surface area contributed by atoms with Gasteiger partial charge in [-0.1, -0.05) is 34.9 Å². The van der Waals surface area contributed by atoms with Gasteiger partial charge in [-0.2, -0.15) is 5.10 Å². The van der Waals surface area contributed by atoms with E-state index >= 15 is 0 Å². The van der Waals surface area contributed by atoms with Crippen molar-refractivity contribution in [1.29, 1.82) is 0 Å². The lowest BCUT2D eigenvalue weighted by atomic mass is 10.1. The molecule has 0 spiro atoms. The monoisotopic (exact) mass is 325 g/mol. The molecule has 24 heavy (non-hydrogen) atoms. The van der Waals surface area contributed by atoms with Crippen molar-refractivity contribution < 1.29 is 9.21 Å². The first-order valence-corrected chi connectivity index (χ1v) is 7.75. The van der Waals surface area contributed by atoms with Crippen molar-refractivity contribution in [3.8, 4) is 0 Å². The van der Waals surface area contributed by atoms with Crippen LogP contribution in [0.15, 0.2) is 40.9 Å². The van der Waals surface area contributed by atoms with Gasteiger partial charge in [0, 0.05) is 12.2 Å². The normalized spacial score (nSPS) is 11.0. The molecule has 124 valence electrons. The Labute approximate surface area is 139 Å². The lowest BCUT2D eigenvalue weighted by Crippen LogP contribution is -2.19. The van der Waals surface area contributed by atoms with Crippen LogP contribution in [-0.2, 0) is 6.42 Å². The molecular weight excluding hydrogens is 306 g/mol. The maximum absolute atomic E-state index is 12.3. The minimum atomic E-state index is -0.327. The number of amides is 1. The summed E-state index contributed by atoms with van der Waals surface area (Å²) in [5.74, 6) is 0.123. The number of carbonyl (C=O) groups is 1. The number of rotatable bonds is 5. The van der Waals surface area contributed by atoms with Gasteiger partial charge in [0.2, 0.25) is 5.89 Å². The smallest absolute Gasteiger partial charge is 0.322 e. The molecule has 0 radical (unpaired) electrons. The number of hydrogen-bond donors (Lipinski definition) is 1. The number of nitrogens with one attached hydrogen (secondary N) is 1. The van der Waals surface area contributed by atoms with Crippen molar-refractivity contribution in [3.05, 3.63) is 59.2 Å². The Morgan fingerprint density at radius 1 is 1.21 bits per heavy atom. The van der Waals surface area contributed by atoms with Crippen LogP contribution in [0.3, 0.4) is 0 Å². The Bertz CT molecular complexity index is 833. The molecule has 2 aromatic heterocycles. The molecule has 7 heteroatoms. The zero-order chi connectivity index (χ0) is 17.1. The minimum Gasteiger partial charge on any atom is -0.407 e. The third-order valence-electron chi connectivity index (χ3n) is 3.56. The Balaban J connectivity index is 1.68. The summed E-state index contributed by atoms with van der Waals surface area (Å²) in [5.41, 5.74) is 2.71. The number of carbonyl (C=O) groups excluding carboxylic acids is 1. The van der Waals surface area contributed by atoms with E-state index in [9.17, 15) is 4.79 Å². The van der Waals surface area contributed by atoms with Crippen molar-refractivity contribution in [1.82, 2.24) is 20.0 Å². The van der Waals surface area contributed by atoms with Gasteiger partial charge in [0.25, 0.3) is 5.91 Å². The summed E-state index contributed by atoms with van der Waals surface area (Å²) in [6.45, 7) is 5.94. The average molecular weight is 325 g/mol. The lowest BCUT2D eigenvalue weighted by molar-refractivity contribution is 0.101. The predicted octanol–water partition coefficient (Wildman–Crippen LogP) is 3.00. The zero-order valence-electron chi connectivity index (χ0n) is 13.9. The summed E-state index contributed by atoms with van der Waals surface area (Å²) in [5, 5.41) is 14.6. The Kier molecular flexibility index (Phi) is 4.41. The van der Waals surface area contributed by atoms with E-state index in [2.05, 4.69) is 20.6 Å². The number of nitrogens with zero attached hydrogens (tertiary/aromatic N) is 4. The summed E-state index contributed by atoms with van der Waals surface area (Å²) in [6, 6.07) is 9.90. The van der Waals surface area contributed by atoms with Crippen LogP contribution >= 0.6 is 0 Å². The van der Waals surface area contributed by atoms with Crippen LogP contribution < -0.4 is 5.32 Å². The fourth-order valence-electron chi connectivity index (χ4n) is 2.32. The molecule has 0 saturated heterocycles. The van der Waals surface area contributed by atoms with Gasteiger partial charge in [0.05, 0.1) is 6.42 Å². The number of aromatic nitrogens is 4. The van der Waals surface area contributed by atoms with Crippen LogP contribution in [0, 0.1) is 6.92 Å². The van der Waals surface area contributed by atoms with Crippen LogP contribution in [0.4, 0.5) is 6.01 Å². The molecule has 1 N–H and O–H groups in total. The summed E-state index contributed by atoms with van der Waals surface area (Å²) >= 11 is 0. The van der Waals surface area contributed by atoms with Gasteiger partial charge in [-0.3, -0.25) is 14.8 Å². The molecule has 0 aliphatic rings. The minimum absolute atomic E-state index is 0.0821. The highest BCUT2D eigenvalue weighted by Crippen LogP contribution is 2.14. The molecule has 1 amide bonds. The van der Waals surface area contributed by atoms with E-state index in [1.807, 2.05) is 45.0 Å². The average Bonchev–Trinajstić information content (AvgIpc) is 3.19. The largest absolute Gasteiger partial charge is 0.407 e. The topological polar surface area (TPSA) is 85.8 Å². The predicted molar refractivity (Wildman–Crippen MR) is 88.8 cm³/mol. The van der Waals surface area contributed by atoms with Crippen LogP contribution in [-0.4, -0.2) is 25.9 Å². The van der Waals surface area contributed by atoms with Gasteiger partial charge < -0.3 is 4.42 Å². The van der Waals surface area contributed by atoms with Crippen LogP contribution in [0.5, 0.6) is 0 Å². The number of benzene rings is 1. The summed E-state index contributed by atoms with van der Waals surface area (Å²) in [7, 11) is 0. The van der Waals surface area contributed by atoms with Crippen molar-refractivity contribution in [2.24, 2.45) is 0 Å². The first-order valence-electron chi connectivity index (χ1n) is 7.75. The van der Waals surface area contributed by atoms with E-state index in [0.29, 0.717) is 18.0 Å². The maximum atomic E-state index is 12.3. The van der Waals surface area contributed by atoms with Crippen molar-refractivity contribution in [2.75, 3.05) is 5.32 Å². The molecule has 0 saturated carbocycles. The molecule has 0 bridgehead atoms. The van der Waals surface area contributed by atoms with Crippen molar-refractivity contribution in [3.63, 3.8) is 0 Å². The maximum Gasteiger partial charge on any atom is 0.322 e. The molecular formula is C17H19N5O2. The van der Waals surface area contributed by atoms with Crippen LogP contribution in [0.1, 0.15) is 47.4 Å². The van der Waals surface area contributed by atoms with E-state index in [-0.39, 0.29) is 18.0 Å². The van der Waals surface area contributed by atoms with E-state index in [1.54, 1.807) is 16.9 Å². The van der Waals surface area contributed by atoms with E-state index < -0.39 is 0 Å². The molecule has 0 fully saturated rings. The summed E-state index contributed by atoms with van der Waals surface area (Å²) < 4.78 is 7.14. The molecule has 0 atom stereocenters. The molecule has 0 aliphatic heterocycles. The first kappa shape index (κ1) is 15.9. The molecule has 3 aromatic rings. The Hall–Kier alpha value is -2.96. The molecule has 1 aromatic carbocycles. The second-order valence-corrected chi connectivity index (χ2v) is 5.87. The molecule has 0 unspecified atom stereocenters. The first-order chi connectivity index (χ1) is 11.5. The highest BCUT2D eigenvalue weighted by Gasteiger charge is 2.17. The lowest BCUT2D eigenvalue weighted by Gasteiger charge is -2.09. The van der Waals surface area contributed by atoms with Gasteiger partial charge >= 0.3 is 6.01 Å². The SMILES string of the molecule is Cc1ccc(Cc2nnc(NC(=O)c3ccnn3C(C)C)o2)cc1. The fourth-order valence-corrected chi connectivity index (χ4v) is 2.32. The standard InChI is InChI=1S/C17H19N5O2/c1-11(2)22-14(8-9-18-22)16(23)19-17-21-20-15(24-17)10-13-6-4-12(3)5-7-13/h4-9,11H,10H2,1-3H3,(H,19,21,23). The number of anilines is 1. The zero-order valence-corrected chi connectivity index (χ0v) is 13.9. The van der Waals surface area contributed by atoms with Gasteiger partial charge in [-0.05, 0) is 32.4 Å². The van der Waals surface area contributed by atoms with Crippen molar-refractivity contribution in [2.45, 2.75) is 33.2 Å². The van der Waals surface area contributed by atoms with E-state index in [1.165, 1.54) is 5.56 Å². The summed E-state index contributed by atoms with van der Waals surface area (Å²) in [4.78, 5) is 12.3. The Morgan fingerprint density at radius 2 is 1.96 bits per heavy atom.